The molecule has 3 aromatic carbocycles. The molecule has 1 unspecified atom stereocenters. The highest BCUT2D eigenvalue weighted by atomic mass is 19.1. The summed E-state index contributed by atoms with van der Waals surface area (Å²) in [5.74, 6) is -1.21. The van der Waals surface area contributed by atoms with E-state index in [1.54, 1.807) is 30.3 Å². The summed E-state index contributed by atoms with van der Waals surface area (Å²) in [6.07, 6.45) is 4.84. The Morgan fingerprint density at radius 3 is 2.24 bits per heavy atom. The molecule has 37 heavy (non-hydrogen) atoms. The van der Waals surface area contributed by atoms with Crippen LogP contribution in [0, 0.1) is 5.82 Å². The van der Waals surface area contributed by atoms with E-state index in [2.05, 4.69) is 44.7 Å². The number of aliphatic hydroxyl groups is 1. The lowest BCUT2D eigenvalue weighted by Crippen LogP contribution is -2.36. The van der Waals surface area contributed by atoms with Gasteiger partial charge in [-0.2, -0.15) is 0 Å². The maximum absolute atomic E-state index is 13.5. The van der Waals surface area contributed by atoms with Crippen LogP contribution < -0.4 is 4.90 Å². The predicted molar refractivity (Wildman–Crippen MR) is 148 cm³/mol. The molecule has 0 saturated heterocycles. The molecular formula is C32H36FNO3. The molecule has 5 heteroatoms. The molecule has 3 aromatic rings. The third-order valence-electron chi connectivity index (χ3n) is 7.64. The molecule has 194 valence electrons. The van der Waals surface area contributed by atoms with E-state index >= 15 is 0 Å². The average molecular weight is 502 g/mol. The second-order valence-corrected chi connectivity index (χ2v) is 11.4. The minimum Gasteiger partial charge on any atom is -0.478 e. The summed E-state index contributed by atoms with van der Waals surface area (Å²) < 4.78 is 13.5. The number of aromatic carboxylic acids is 1. The van der Waals surface area contributed by atoms with E-state index in [1.807, 2.05) is 25.3 Å². The van der Waals surface area contributed by atoms with Gasteiger partial charge in [0.15, 0.2) is 0 Å². The van der Waals surface area contributed by atoms with Gasteiger partial charge in [-0.15, -0.1) is 0 Å². The first-order valence-electron chi connectivity index (χ1n) is 12.7. The Morgan fingerprint density at radius 1 is 1.00 bits per heavy atom. The van der Waals surface area contributed by atoms with Gasteiger partial charge in [-0.05, 0) is 81.8 Å². The van der Waals surface area contributed by atoms with Crippen molar-refractivity contribution in [2.75, 3.05) is 11.9 Å². The number of aliphatic hydroxyl groups excluding tert-OH is 1. The number of hydrogen-bond donors (Lipinski definition) is 2. The van der Waals surface area contributed by atoms with Crippen LogP contribution in [0.5, 0.6) is 0 Å². The fraction of sp³-hybridized carbons (Fsp3) is 0.344. The molecule has 1 aliphatic rings. The number of fused-ring (bicyclic) bond motifs is 1. The Kier molecular flexibility index (Phi) is 7.29. The Bertz CT molecular complexity index is 1310. The molecule has 0 aliphatic heterocycles. The molecule has 1 atom stereocenters. The number of nitrogens with zero attached hydrogens (tertiary/aromatic N) is 1. The van der Waals surface area contributed by atoms with Gasteiger partial charge < -0.3 is 15.1 Å². The summed E-state index contributed by atoms with van der Waals surface area (Å²) in [6, 6.07) is 17.4. The van der Waals surface area contributed by atoms with Gasteiger partial charge in [0, 0.05) is 19.3 Å². The van der Waals surface area contributed by atoms with Crippen molar-refractivity contribution < 1.29 is 19.4 Å². The maximum atomic E-state index is 13.5. The van der Waals surface area contributed by atoms with Crippen molar-refractivity contribution in [3.63, 3.8) is 0 Å². The first-order chi connectivity index (χ1) is 17.4. The molecule has 0 heterocycles. The average Bonchev–Trinajstić information content (AvgIpc) is 2.86. The Labute approximate surface area is 219 Å². The fourth-order valence-corrected chi connectivity index (χ4v) is 5.25. The van der Waals surface area contributed by atoms with Gasteiger partial charge in [0.1, 0.15) is 5.82 Å². The van der Waals surface area contributed by atoms with Crippen molar-refractivity contribution in [1.29, 1.82) is 0 Å². The van der Waals surface area contributed by atoms with Crippen molar-refractivity contribution in [3.05, 3.63) is 106 Å². The molecule has 0 fully saturated rings. The highest BCUT2D eigenvalue weighted by Gasteiger charge is 2.40. The van der Waals surface area contributed by atoms with E-state index < -0.39 is 12.1 Å². The van der Waals surface area contributed by atoms with Crippen molar-refractivity contribution in [1.82, 2.24) is 0 Å². The van der Waals surface area contributed by atoms with E-state index in [9.17, 15) is 14.3 Å². The zero-order valence-corrected chi connectivity index (χ0v) is 22.3. The van der Waals surface area contributed by atoms with Gasteiger partial charge in [-0.1, -0.05) is 70.2 Å². The van der Waals surface area contributed by atoms with Crippen LogP contribution in [0.4, 0.5) is 10.1 Å². The van der Waals surface area contributed by atoms with Gasteiger partial charge >= 0.3 is 5.97 Å². The molecule has 0 radical (unpaired) electrons. The lowest BCUT2D eigenvalue weighted by molar-refractivity contribution is 0.0697. The number of anilines is 1. The van der Waals surface area contributed by atoms with Crippen LogP contribution in [0.1, 0.15) is 84.8 Å². The van der Waals surface area contributed by atoms with E-state index in [4.69, 9.17) is 5.11 Å². The minimum atomic E-state index is -0.965. The van der Waals surface area contributed by atoms with Crippen molar-refractivity contribution in [3.8, 4) is 0 Å². The van der Waals surface area contributed by atoms with Crippen LogP contribution in [0.2, 0.25) is 0 Å². The Hall–Kier alpha value is -3.44. The van der Waals surface area contributed by atoms with E-state index in [1.165, 1.54) is 23.3 Å². The molecule has 4 nitrogen and oxygen atoms in total. The summed E-state index contributed by atoms with van der Waals surface area (Å²) in [5, 5.41) is 20.3. The normalized spacial score (nSPS) is 16.8. The molecule has 2 N–H and O–H groups in total. The number of carboxylic acid groups (broad SMARTS) is 1. The lowest BCUT2D eigenvalue weighted by atomic mass is 9.62. The van der Waals surface area contributed by atoms with E-state index in [0.29, 0.717) is 6.54 Å². The van der Waals surface area contributed by atoms with E-state index in [0.717, 1.165) is 35.2 Å². The number of halogens is 1. The summed E-state index contributed by atoms with van der Waals surface area (Å²) in [4.78, 5) is 13.3. The molecule has 4 rings (SSSR count). The van der Waals surface area contributed by atoms with Crippen LogP contribution in [0.15, 0.2) is 66.7 Å². The number of rotatable bonds is 7. The fourth-order valence-electron chi connectivity index (χ4n) is 5.25. The Balaban J connectivity index is 1.73. The van der Waals surface area contributed by atoms with Gasteiger partial charge in [0.2, 0.25) is 0 Å². The quantitative estimate of drug-likeness (QED) is 0.358. The molecule has 0 bridgehead atoms. The predicted octanol–water partition coefficient (Wildman–Crippen LogP) is 7.26. The van der Waals surface area contributed by atoms with Gasteiger partial charge in [-0.25, -0.2) is 9.18 Å². The molecule has 0 aromatic heterocycles. The summed E-state index contributed by atoms with van der Waals surface area (Å²) in [7, 11) is 2.05. The number of hydrogen-bond acceptors (Lipinski definition) is 3. The van der Waals surface area contributed by atoms with Crippen LogP contribution in [0.25, 0.3) is 6.08 Å². The van der Waals surface area contributed by atoms with Crippen LogP contribution in [0.3, 0.4) is 0 Å². The van der Waals surface area contributed by atoms with Crippen molar-refractivity contribution in [2.24, 2.45) is 0 Å². The SMILES string of the molecule is CN(Cc1ccc(F)cc1)c1cc(C(O)C=Cc2ccc(C(=O)O)cc2)cc2c1C(C)(C)CCC2(C)C. The summed E-state index contributed by atoms with van der Waals surface area (Å²) in [5.41, 5.74) is 6.43. The second-order valence-electron chi connectivity index (χ2n) is 11.4. The molecule has 0 amide bonds. The summed E-state index contributed by atoms with van der Waals surface area (Å²) >= 11 is 0. The van der Waals surface area contributed by atoms with Crippen LogP contribution in [-0.2, 0) is 17.4 Å². The third-order valence-corrected chi connectivity index (χ3v) is 7.64. The van der Waals surface area contributed by atoms with E-state index in [-0.39, 0.29) is 22.2 Å². The second kappa shape index (κ2) is 10.1. The van der Waals surface area contributed by atoms with Gasteiger partial charge in [0.05, 0.1) is 11.7 Å². The first-order valence-corrected chi connectivity index (χ1v) is 12.7. The zero-order valence-electron chi connectivity index (χ0n) is 22.3. The number of carboxylic acids is 1. The summed E-state index contributed by atoms with van der Waals surface area (Å²) in [6.45, 7) is 9.72. The van der Waals surface area contributed by atoms with Crippen molar-refractivity contribution in [2.45, 2.75) is 64.0 Å². The number of benzene rings is 3. The van der Waals surface area contributed by atoms with Gasteiger partial charge in [0.25, 0.3) is 0 Å². The largest absolute Gasteiger partial charge is 0.478 e. The topological polar surface area (TPSA) is 60.8 Å². The monoisotopic (exact) mass is 501 g/mol. The highest BCUT2D eigenvalue weighted by molar-refractivity contribution is 5.87. The standard InChI is InChI=1S/C32H36FNO3/c1-31(2)16-17-32(3,4)29-26(31)18-24(19-27(29)34(5)20-22-8-13-25(33)14-9-22)28(35)15-10-21-6-11-23(12-7-21)30(36)37/h6-15,18-19,28,35H,16-17,20H2,1-5H3,(H,36,37). The molecule has 0 spiro atoms. The smallest absolute Gasteiger partial charge is 0.335 e. The van der Waals surface area contributed by atoms with Crippen LogP contribution in [-0.4, -0.2) is 23.2 Å². The highest BCUT2D eigenvalue weighted by Crippen LogP contribution is 2.50. The Morgan fingerprint density at radius 2 is 1.62 bits per heavy atom. The first kappa shape index (κ1) is 26.6. The molecular weight excluding hydrogens is 465 g/mol. The van der Waals surface area contributed by atoms with Crippen molar-refractivity contribution >= 4 is 17.7 Å². The third kappa shape index (κ3) is 5.78. The zero-order chi connectivity index (χ0) is 27.0. The van der Waals surface area contributed by atoms with Crippen LogP contribution >= 0.6 is 0 Å². The lowest BCUT2D eigenvalue weighted by Gasteiger charge is -2.44. The molecule has 1 aliphatic carbocycles. The maximum Gasteiger partial charge on any atom is 0.335 e. The number of carbonyl (C=O) groups is 1. The minimum absolute atomic E-state index is 0.0253. The molecule has 0 saturated carbocycles. The van der Waals surface area contributed by atoms with Gasteiger partial charge in [-0.3, -0.25) is 0 Å².